The van der Waals surface area contributed by atoms with Gasteiger partial charge < -0.3 is 25.2 Å². The molecule has 2 aromatic rings. The summed E-state index contributed by atoms with van der Waals surface area (Å²) in [5.74, 6) is 0.633. The Bertz CT molecular complexity index is 872. The van der Waals surface area contributed by atoms with Gasteiger partial charge in [-0.25, -0.2) is 0 Å². The summed E-state index contributed by atoms with van der Waals surface area (Å²) in [7, 11) is 3.15. The Hall–Kier alpha value is -3.66. The van der Waals surface area contributed by atoms with Crippen molar-refractivity contribution in [2.75, 3.05) is 26.1 Å². The molecule has 0 saturated carbocycles. The Labute approximate surface area is 157 Å². The highest BCUT2D eigenvalue weighted by molar-refractivity contribution is 6.07. The van der Waals surface area contributed by atoms with E-state index < -0.39 is 5.91 Å². The number of hydrogen-bond donors (Lipinski definition) is 3. The van der Waals surface area contributed by atoms with Crippen LogP contribution in [0.3, 0.4) is 0 Å². The minimum absolute atomic E-state index is 0.0652. The molecule has 0 atom stereocenters. The average molecular weight is 367 g/mol. The van der Waals surface area contributed by atoms with Crippen molar-refractivity contribution >= 4 is 11.6 Å². The molecular formula is C20H21N3O4. The van der Waals surface area contributed by atoms with Gasteiger partial charge in [0.15, 0.2) is 11.5 Å². The van der Waals surface area contributed by atoms with Crippen LogP contribution in [0.2, 0.25) is 0 Å². The van der Waals surface area contributed by atoms with Crippen LogP contribution in [0.5, 0.6) is 17.2 Å². The van der Waals surface area contributed by atoms with E-state index in [1.807, 2.05) is 24.3 Å². The Morgan fingerprint density at radius 3 is 2.59 bits per heavy atom. The van der Waals surface area contributed by atoms with Gasteiger partial charge in [-0.15, -0.1) is 0 Å². The van der Waals surface area contributed by atoms with Gasteiger partial charge in [-0.2, -0.15) is 5.26 Å². The van der Waals surface area contributed by atoms with Crippen molar-refractivity contribution in [1.29, 1.82) is 5.26 Å². The Balaban J connectivity index is 1.93. The summed E-state index contributed by atoms with van der Waals surface area (Å²) in [6, 6.07) is 13.8. The first-order chi connectivity index (χ1) is 13.1. The number of amides is 1. The number of aromatic hydroxyl groups is 1. The smallest absolute Gasteiger partial charge is 0.267 e. The zero-order chi connectivity index (χ0) is 19.6. The van der Waals surface area contributed by atoms with E-state index in [-0.39, 0.29) is 17.0 Å². The van der Waals surface area contributed by atoms with E-state index >= 15 is 0 Å². The zero-order valence-electron chi connectivity index (χ0n) is 15.2. The monoisotopic (exact) mass is 367 g/mol. The molecule has 140 valence electrons. The molecule has 7 nitrogen and oxygen atoms in total. The van der Waals surface area contributed by atoms with Crippen LogP contribution in [0.4, 0.5) is 5.69 Å². The largest absolute Gasteiger partial charge is 0.506 e. The number of carbonyl (C=O) groups is 1. The molecule has 0 saturated heterocycles. The summed E-state index contributed by atoms with van der Waals surface area (Å²) >= 11 is 0. The number of rotatable bonds is 8. The van der Waals surface area contributed by atoms with Gasteiger partial charge in [-0.1, -0.05) is 18.2 Å². The first kappa shape index (κ1) is 19.7. The fraction of sp³-hybridized carbons (Fsp3) is 0.200. The first-order valence-electron chi connectivity index (χ1n) is 8.23. The summed E-state index contributed by atoms with van der Waals surface area (Å²) in [5, 5.41) is 24.3. The third kappa shape index (κ3) is 5.41. The molecule has 2 rings (SSSR count). The molecule has 0 aliphatic rings. The average Bonchev–Trinajstić information content (AvgIpc) is 2.69. The Morgan fingerprint density at radius 1 is 1.19 bits per heavy atom. The number of carbonyl (C=O) groups excluding carboxylic acids is 1. The predicted molar refractivity (Wildman–Crippen MR) is 102 cm³/mol. The topological polar surface area (TPSA) is 104 Å². The molecule has 0 radical (unpaired) electrons. The van der Waals surface area contributed by atoms with Gasteiger partial charge in [0.05, 0.1) is 19.9 Å². The fourth-order valence-electron chi connectivity index (χ4n) is 2.34. The van der Waals surface area contributed by atoms with E-state index in [0.717, 1.165) is 5.56 Å². The zero-order valence-corrected chi connectivity index (χ0v) is 15.2. The SMILES string of the molecule is COc1ccc(CCN/C=C(/C#N)C(=O)Nc2ccccc2O)cc1OC. The predicted octanol–water partition coefficient (Wildman–Crippen LogP) is 2.59. The van der Waals surface area contributed by atoms with E-state index in [9.17, 15) is 15.2 Å². The van der Waals surface area contributed by atoms with Gasteiger partial charge >= 0.3 is 0 Å². The molecule has 0 bridgehead atoms. The highest BCUT2D eigenvalue weighted by atomic mass is 16.5. The van der Waals surface area contributed by atoms with Crippen molar-refractivity contribution < 1.29 is 19.4 Å². The van der Waals surface area contributed by atoms with Crippen LogP contribution in [-0.2, 0) is 11.2 Å². The number of nitriles is 1. The fourth-order valence-corrected chi connectivity index (χ4v) is 2.34. The standard InChI is InChI=1S/C20H21N3O4/c1-26-18-8-7-14(11-19(18)27-2)9-10-22-13-15(12-21)20(25)23-16-5-3-4-6-17(16)24/h3-8,11,13,22,24H,9-10H2,1-2H3,(H,23,25)/b15-13-. The van der Waals surface area contributed by atoms with E-state index in [0.29, 0.717) is 24.5 Å². The van der Waals surface area contributed by atoms with Gasteiger partial charge in [-0.05, 0) is 36.2 Å². The van der Waals surface area contributed by atoms with Crippen LogP contribution in [0.1, 0.15) is 5.56 Å². The number of anilines is 1. The number of ether oxygens (including phenoxy) is 2. The molecule has 0 heterocycles. The minimum Gasteiger partial charge on any atom is -0.506 e. The molecule has 0 spiro atoms. The maximum atomic E-state index is 12.1. The molecule has 0 fully saturated rings. The number of nitrogens with one attached hydrogen (secondary N) is 2. The molecule has 27 heavy (non-hydrogen) atoms. The molecular weight excluding hydrogens is 346 g/mol. The van der Waals surface area contributed by atoms with Gasteiger partial charge in [0.25, 0.3) is 5.91 Å². The van der Waals surface area contributed by atoms with Crippen molar-refractivity contribution in [3.05, 3.63) is 59.8 Å². The highest BCUT2D eigenvalue weighted by Gasteiger charge is 2.11. The van der Waals surface area contributed by atoms with E-state index in [1.54, 1.807) is 32.4 Å². The second-order valence-electron chi connectivity index (χ2n) is 5.53. The number of para-hydroxylation sites is 2. The van der Waals surface area contributed by atoms with Crippen LogP contribution in [-0.4, -0.2) is 31.8 Å². The number of nitrogens with zero attached hydrogens (tertiary/aromatic N) is 1. The van der Waals surface area contributed by atoms with Crippen molar-refractivity contribution in [1.82, 2.24) is 5.32 Å². The number of phenols is 1. The lowest BCUT2D eigenvalue weighted by molar-refractivity contribution is -0.112. The molecule has 1 amide bonds. The van der Waals surface area contributed by atoms with Gasteiger partial charge in [0.1, 0.15) is 17.4 Å². The third-order valence-corrected chi connectivity index (χ3v) is 3.77. The highest BCUT2D eigenvalue weighted by Crippen LogP contribution is 2.27. The second-order valence-corrected chi connectivity index (χ2v) is 5.53. The normalized spacial score (nSPS) is 10.6. The Kier molecular flexibility index (Phi) is 7.08. The number of methoxy groups -OCH3 is 2. The molecule has 0 aliphatic carbocycles. The molecule has 0 aliphatic heterocycles. The van der Waals surface area contributed by atoms with Crippen molar-refractivity contribution in [2.24, 2.45) is 0 Å². The van der Waals surface area contributed by atoms with Crippen LogP contribution >= 0.6 is 0 Å². The van der Waals surface area contributed by atoms with Crippen LogP contribution < -0.4 is 20.1 Å². The van der Waals surface area contributed by atoms with E-state index in [1.165, 1.54) is 12.3 Å². The molecule has 0 aromatic heterocycles. The summed E-state index contributed by atoms with van der Waals surface area (Å²) in [6.45, 7) is 0.518. The van der Waals surface area contributed by atoms with Crippen molar-refractivity contribution in [3.8, 4) is 23.3 Å². The van der Waals surface area contributed by atoms with Crippen molar-refractivity contribution in [2.45, 2.75) is 6.42 Å². The maximum absolute atomic E-state index is 12.1. The van der Waals surface area contributed by atoms with Crippen LogP contribution in [0.15, 0.2) is 54.2 Å². The second kappa shape index (κ2) is 9.73. The summed E-state index contributed by atoms with van der Waals surface area (Å²) in [4.78, 5) is 12.1. The van der Waals surface area contributed by atoms with E-state index in [4.69, 9.17) is 9.47 Å². The minimum atomic E-state index is -0.599. The summed E-state index contributed by atoms with van der Waals surface area (Å²) in [6.07, 6.45) is 2.02. The number of hydrogen-bond acceptors (Lipinski definition) is 6. The molecule has 2 aromatic carbocycles. The molecule has 7 heteroatoms. The van der Waals surface area contributed by atoms with Gasteiger partial charge in [0, 0.05) is 12.7 Å². The quantitative estimate of drug-likeness (QED) is 0.287. The van der Waals surface area contributed by atoms with E-state index in [2.05, 4.69) is 10.6 Å². The van der Waals surface area contributed by atoms with Crippen LogP contribution in [0.25, 0.3) is 0 Å². The van der Waals surface area contributed by atoms with Crippen molar-refractivity contribution in [3.63, 3.8) is 0 Å². The number of benzene rings is 2. The molecule has 0 unspecified atom stereocenters. The summed E-state index contributed by atoms with van der Waals surface area (Å²) in [5.41, 5.74) is 1.17. The lowest BCUT2D eigenvalue weighted by Gasteiger charge is -2.10. The Morgan fingerprint density at radius 2 is 1.93 bits per heavy atom. The molecule has 3 N–H and O–H groups in total. The maximum Gasteiger partial charge on any atom is 0.267 e. The first-order valence-corrected chi connectivity index (χ1v) is 8.23. The lowest BCUT2D eigenvalue weighted by atomic mass is 10.1. The number of phenolic OH excluding ortho intramolecular Hbond substituents is 1. The third-order valence-electron chi connectivity index (χ3n) is 3.77. The summed E-state index contributed by atoms with van der Waals surface area (Å²) < 4.78 is 10.5. The lowest BCUT2D eigenvalue weighted by Crippen LogP contribution is -2.18. The van der Waals surface area contributed by atoms with Gasteiger partial charge in [0.2, 0.25) is 0 Å². The van der Waals surface area contributed by atoms with Crippen LogP contribution in [0, 0.1) is 11.3 Å². The van der Waals surface area contributed by atoms with Gasteiger partial charge in [-0.3, -0.25) is 4.79 Å².